The number of carbonyl (C=O) groups is 2. The molecule has 1 aromatic rings. The van der Waals surface area contributed by atoms with Crippen LogP contribution in [0, 0.1) is 5.92 Å². The minimum atomic E-state index is -0.780. The summed E-state index contributed by atoms with van der Waals surface area (Å²) in [7, 11) is 2.06. The number of piperidine rings is 1. The number of aromatic hydroxyl groups is 1. The third kappa shape index (κ3) is 1.53. The maximum absolute atomic E-state index is 11.8. The lowest BCUT2D eigenvalue weighted by molar-refractivity contribution is -0.0453. The average molecular weight is 341 g/mol. The number of benzene rings is 1. The highest BCUT2D eigenvalue weighted by atomic mass is 16.5. The topological polar surface area (TPSA) is 87.1 Å². The summed E-state index contributed by atoms with van der Waals surface area (Å²) in [6, 6.07) is 0.171. The standard InChI is InChI=1S/C19H19NO5/c1-20-5-4-19-12-2-3-14(23)18(19)25-17-15(19)9(6-13(12)20)10(7-21)11(8-22)16(17)24/h2-3,7-8,12-14,18,23-24H,4-6H2,1H3/t12-,13+,14-,18-,19-/m0/s1. The van der Waals surface area contributed by atoms with Crippen molar-refractivity contribution in [1.82, 2.24) is 4.90 Å². The van der Waals surface area contributed by atoms with Gasteiger partial charge in [-0.25, -0.2) is 0 Å². The molecule has 0 saturated carbocycles. The number of aliphatic hydroxyl groups excluding tert-OH is 1. The fourth-order valence-corrected chi connectivity index (χ4v) is 5.69. The van der Waals surface area contributed by atoms with Crippen molar-refractivity contribution < 1.29 is 24.5 Å². The van der Waals surface area contributed by atoms with E-state index in [4.69, 9.17) is 4.74 Å². The Morgan fingerprint density at radius 1 is 1.28 bits per heavy atom. The first-order valence-corrected chi connectivity index (χ1v) is 8.60. The van der Waals surface area contributed by atoms with E-state index >= 15 is 0 Å². The molecule has 2 aliphatic heterocycles. The third-order valence-corrected chi connectivity index (χ3v) is 6.76. The summed E-state index contributed by atoms with van der Waals surface area (Å²) < 4.78 is 6.05. The van der Waals surface area contributed by atoms with Crippen LogP contribution in [0.25, 0.3) is 0 Å². The first-order valence-electron chi connectivity index (χ1n) is 8.60. The molecule has 0 unspecified atom stereocenters. The van der Waals surface area contributed by atoms with Crippen molar-refractivity contribution in [2.75, 3.05) is 13.6 Å². The largest absolute Gasteiger partial charge is 0.504 e. The van der Waals surface area contributed by atoms with Crippen molar-refractivity contribution in [3.8, 4) is 11.5 Å². The SMILES string of the molecule is CN1CC[C@]23c4c5c(C=O)c(C=O)c(O)c4O[C@H]2[C@@H](O)C=C[C@H]3[C@H]1C5. The molecule has 5 atom stereocenters. The van der Waals surface area contributed by atoms with Gasteiger partial charge in [0.2, 0.25) is 0 Å². The van der Waals surface area contributed by atoms with Gasteiger partial charge in [0.1, 0.15) is 12.2 Å². The lowest BCUT2D eigenvalue weighted by Crippen LogP contribution is -2.64. The molecule has 0 aromatic heterocycles. The molecule has 6 nitrogen and oxygen atoms in total. The van der Waals surface area contributed by atoms with Crippen LogP contribution in [0.15, 0.2) is 12.2 Å². The Balaban J connectivity index is 1.90. The number of nitrogens with zero attached hydrogens (tertiary/aromatic N) is 1. The highest BCUT2D eigenvalue weighted by molar-refractivity contribution is 5.97. The lowest BCUT2D eigenvalue weighted by atomic mass is 9.53. The van der Waals surface area contributed by atoms with Gasteiger partial charge in [-0.3, -0.25) is 9.59 Å². The number of carbonyl (C=O) groups excluding carboxylic acids is 2. The molecule has 130 valence electrons. The van der Waals surface area contributed by atoms with Crippen LogP contribution in [0.3, 0.4) is 0 Å². The third-order valence-electron chi connectivity index (χ3n) is 6.76. The van der Waals surface area contributed by atoms with E-state index in [2.05, 4.69) is 18.0 Å². The predicted molar refractivity (Wildman–Crippen MR) is 88.4 cm³/mol. The van der Waals surface area contributed by atoms with Crippen molar-refractivity contribution in [3.63, 3.8) is 0 Å². The average Bonchev–Trinajstić information content (AvgIpc) is 2.96. The number of aldehydes is 2. The summed E-state index contributed by atoms with van der Waals surface area (Å²) in [4.78, 5) is 25.6. The summed E-state index contributed by atoms with van der Waals surface area (Å²) in [6.07, 6.45) is 5.12. The summed E-state index contributed by atoms with van der Waals surface area (Å²) in [5.41, 5.74) is 1.42. The Morgan fingerprint density at radius 2 is 2.04 bits per heavy atom. The molecule has 4 aliphatic rings. The van der Waals surface area contributed by atoms with E-state index in [1.54, 1.807) is 6.08 Å². The molecule has 5 rings (SSSR count). The molecule has 25 heavy (non-hydrogen) atoms. The molecule has 2 aliphatic carbocycles. The molecule has 2 bridgehead atoms. The van der Waals surface area contributed by atoms with Crippen molar-refractivity contribution in [2.24, 2.45) is 5.92 Å². The monoisotopic (exact) mass is 341 g/mol. The van der Waals surface area contributed by atoms with Crippen LogP contribution in [-0.2, 0) is 11.8 Å². The van der Waals surface area contributed by atoms with Crippen LogP contribution in [0.1, 0.15) is 38.3 Å². The Bertz CT molecular complexity index is 847. The quantitative estimate of drug-likeness (QED) is 0.612. The van der Waals surface area contributed by atoms with Gasteiger partial charge in [-0.1, -0.05) is 12.2 Å². The van der Waals surface area contributed by atoms with E-state index < -0.39 is 17.6 Å². The van der Waals surface area contributed by atoms with Gasteiger partial charge in [-0.2, -0.15) is 0 Å². The van der Waals surface area contributed by atoms with Crippen LogP contribution < -0.4 is 4.74 Å². The Kier molecular flexibility index (Phi) is 2.84. The highest BCUT2D eigenvalue weighted by Gasteiger charge is 2.64. The van der Waals surface area contributed by atoms with Crippen LogP contribution in [0.5, 0.6) is 11.5 Å². The molecular weight excluding hydrogens is 322 g/mol. The zero-order valence-electron chi connectivity index (χ0n) is 13.8. The van der Waals surface area contributed by atoms with E-state index in [1.165, 1.54) is 0 Å². The molecule has 2 N–H and O–H groups in total. The summed E-state index contributed by atoms with van der Waals surface area (Å²) >= 11 is 0. The fraction of sp³-hybridized carbons (Fsp3) is 0.474. The van der Waals surface area contributed by atoms with Gasteiger partial charge < -0.3 is 19.8 Å². The van der Waals surface area contributed by atoms with Gasteiger partial charge in [-0.05, 0) is 32.0 Å². The number of rotatable bonds is 2. The first kappa shape index (κ1) is 15.1. The zero-order valence-corrected chi connectivity index (χ0v) is 13.8. The van der Waals surface area contributed by atoms with Crippen LogP contribution in [0.4, 0.5) is 0 Å². The van der Waals surface area contributed by atoms with E-state index in [1.807, 2.05) is 0 Å². The van der Waals surface area contributed by atoms with Gasteiger partial charge >= 0.3 is 0 Å². The number of phenols is 1. The van der Waals surface area contributed by atoms with Crippen molar-refractivity contribution in [3.05, 3.63) is 34.4 Å². The molecule has 1 fully saturated rings. The van der Waals surface area contributed by atoms with Crippen molar-refractivity contribution in [1.29, 1.82) is 0 Å². The van der Waals surface area contributed by atoms with E-state index in [9.17, 15) is 19.8 Å². The molecule has 0 radical (unpaired) electrons. The first-order chi connectivity index (χ1) is 12.0. The summed E-state index contributed by atoms with van der Waals surface area (Å²) in [5.74, 6) is 0.154. The summed E-state index contributed by atoms with van der Waals surface area (Å²) in [5, 5.41) is 21.2. The number of phenolic OH excluding ortho intramolecular Hbond substituents is 1. The van der Waals surface area contributed by atoms with Crippen LogP contribution in [0.2, 0.25) is 0 Å². The number of hydrogen-bond donors (Lipinski definition) is 2. The molecule has 1 saturated heterocycles. The van der Waals surface area contributed by atoms with Gasteiger partial charge in [0.15, 0.2) is 24.1 Å². The highest BCUT2D eigenvalue weighted by Crippen LogP contribution is 2.63. The van der Waals surface area contributed by atoms with Crippen LogP contribution in [-0.4, -0.2) is 59.5 Å². The second kappa shape index (κ2) is 4.71. The Labute approximate surface area is 144 Å². The second-order valence-corrected chi connectivity index (χ2v) is 7.58. The number of hydrogen-bond acceptors (Lipinski definition) is 6. The molecule has 2 heterocycles. The Morgan fingerprint density at radius 3 is 2.76 bits per heavy atom. The summed E-state index contributed by atoms with van der Waals surface area (Å²) in [6.45, 7) is 0.854. The minimum Gasteiger partial charge on any atom is -0.504 e. The smallest absolute Gasteiger partial charge is 0.169 e. The van der Waals surface area contributed by atoms with Crippen molar-refractivity contribution >= 4 is 12.6 Å². The number of ether oxygens (including phenoxy) is 1. The zero-order chi connectivity index (χ0) is 17.5. The van der Waals surface area contributed by atoms with Crippen molar-refractivity contribution in [2.45, 2.75) is 36.5 Å². The number of likely N-dealkylation sites (N-methyl/N-ethyl adjacent to an activating group) is 1. The molecule has 6 heteroatoms. The van der Waals surface area contributed by atoms with E-state index in [-0.39, 0.29) is 34.6 Å². The second-order valence-electron chi connectivity index (χ2n) is 7.58. The minimum absolute atomic E-state index is 0.0135. The number of aliphatic hydroxyl groups is 1. The molecule has 1 aromatic carbocycles. The molecular formula is C19H19NO5. The predicted octanol–water partition coefficient (Wildman–Crippen LogP) is 0.823. The Hall–Kier alpha value is -2.18. The van der Waals surface area contributed by atoms with Gasteiger partial charge in [0.05, 0.1) is 5.56 Å². The molecule has 0 amide bonds. The maximum atomic E-state index is 11.8. The molecule has 1 spiro atoms. The lowest BCUT2D eigenvalue weighted by Gasteiger charge is -2.56. The fourth-order valence-electron chi connectivity index (χ4n) is 5.69. The van der Waals surface area contributed by atoms with Crippen LogP contribution >= 0.6 is 0 Å². The maximum Gasteiger partial charge on any atom is 0.169 e. The van der Waals surface area contributed by atoms with Gasteiger partial charge in [-0.15, -0.1) is 0 Å². The normalized spacial score (nSPS) is 37.4. The van der Waals surface area contributed by atoms with Gasteiger partial charge in [0, 0.05) is 28.5 Å². The van der Waals surface area contributed by atoms with Gasteiger partial charge in [0.25, 0.3) is 0 Å². The van der Waals surface area contributed by atoms with E-state index in [0.29, 0.717) is 19.0 Å². The van der Waals surface area contributed by atoms with E-state index in [0.717, 1.165) is 24.1 Å². The number of likely N-dealkylation sites (tertiary alicyclic amines) is 1.